The van der Waals surface area contributed by atoms with E-state index < -0.39 is 0 Å². The first-order valence-electron chi connectivity index (χ1n) is 9.05. The minimum Gasteiger partial charge on any atom is -0.381 e. The summed E-state index contributed by atoms with van der Waals surface area (Å²) in [6.45, 7) is 8.92. The number of benzene rings is 2. The largest absolute Gasteiger partial charge is 0.381 e. The van der Waals surface area contributed by atoms with Crippen LogP contribution < -0.4 is 5.32 Å². The topological polar surface area (TPSA) is 35.5 Å². The Morgan fingerprint density at radius 3 is 2.21 bits per heavy atom. The molecule has 0 spiro atoms. The molecule has 2 N–H and O–H groups in total. The number of halogens is 3. The van der Waals surface area contributed by atoms with Crippen molar-refractivity contribution < 1.29 is 5.21 Å². The lowest BCUT2D eigenvalue weighted by atomic mass is 9.96. The zero-order valence-corrected chi connectivity index (χ0v) is 19.8. The third-order valence-electron chi connectivity index (χ3n) is 5.72. The predicted octanol–water partition coefficient (Wildman–Crippen LogP) is 6.46. The molecule has 2 aromatic carbocycles. The summed E-state index contributed by atoms with van der Waals surface area (Å²) in [5, 5.41) is 15.5. The van der Waals surface area contributed by atoms with Gasteiger partial charge in [0.2, 0.25) is 0 Å². The van der Waals surface area contributed by atoms with Crippen LogP contribution in [0.5, 0.6) is 0 Å². The van der Waals surface area contributed by atoms with E-state index in [4.69, 9.17) is 0 Å². The highest BCUT2D eigenvalue weighted by atomic mass is 79.9. The van der Waals surface area contributed by atoms with Crippen LogP contribution in [-0.2, 0) is 6.42 Å². The third-order valence-corrected chi connectivity index (χ3v) is 6.21. The monoisotopic (exact) mass is 484 g/mol. The molecule has 0 aromatic heterocycles. The van der Waals surface area contributed by atoms with E-state index in [1.165, 1.54) is 32.9 Å². The van der Waals surface area contributed by atoms with Crippen molar-refractivity contribution in [1.29, 1.82) is 0 Å². The maximum Gasteiger partial charge on any atom is 0.0639 e. The first-order chi connectivity index (χ1) is 12.2. The standard InChI is InChI=1S/C22H25BrN2O.2ClH/c1-21(2)12-16(22(3,4)25(21)26)13-24-18-6-8-20-15(11-18)9-14-10-17(23)5-7-19(14)20;;/h5-8,10-12,24,26H,9,13H2,1-4H3;2*1H. The number of fused-ring (bicyclic) bond motifs is 3. The highest BCUT2D eigenvalue weighted by Crippen LogP contribution is 2.40. The van der Waals surface area contributed by atoms with Crippen molar-refractivity contribution in [3.8, 4) is 11.1 Å². The fourth-order valence-electron chi connectivity index (χ4n) is 4.27. The average molecular weight is 486 g/mol. The van der Waals surface area contributed by atoms with E-state index in [1.54, 1.807) is 0 Å². The van der Waals surface area contributed by atoms with Gasteiger partial charge in [0.25, 0.3) is 0 Å². The van der Waals surface area contributed by atoms with Crippen LogP contribution in [0, 0.1) is 0 Å². The smallest absolute Gasteiger partial charge is 0.0639 e. The summed E-state index contributed by atoms with van der Waals surface area (Å²) in [5.74, 6) is 0. The van der Waals surface area contributed by atoms with Crippen molar-refractivity contribution in [2.45, 2.75) is 45.2 Å². The maximum atomic E-state index is 10.5. The molecule has 2 aliphatic rings. The molecular weight excluding hydrogens is 459 g/mol. The molecule has 0 unspecified atom stereocenters. The van der Waals surface area contributed by atoms with Gasteiger partial charge in [-0.1, -0.05) is 34.1 Å². The van der Waals surface area contributed by atoms with Gasteiger partial charge in [-0.2, -0.15) is 5.06 Å². The van der Waals surface area contributed by atoms with Crippen LogP contribution in [0.3, 0.4) is 0 Å². The summed E-state index contributed by atoms with van der Waals surface area (Å²) in [7, 11) is 0. The third kappa shape index (κ3) is 3.86. The van der Waals surface area contributed by atoms with Crippen LogP contribution >= 0.6 is 40.7 Å². The van der Waals surface area contributed by atoms with Gasteiger partial charge in [-0.15, -0.1) is 24.8 Å². The van der Waals surface area contributed by atoms with E-state index in [0.717, 1.165) is 23.1 Å². The van der Waals surface area contributed by atoms with Gasteiger partial charge in [0.1, 0.15) is 0 Å². The van der Waals surface area contributed by atoms with Gasteiger partial charge in [-0.05, 0) is 86.2 Å². The van der Waals surface area contributed by atoms with Crippen LogP contribution in [0.2, 0.25) is 0 Å². The van der Waals surface area contributed by atoms with Gasteiger partial charge in [-0.3, -0.25) is 0 Å². The highest BCUT2D eigenvalue weighted by Gasteiger charge is 2.44. The molecule has 4 rings (SSSR count). The van der Waals surface area contributed by atoms with Crippen LogP contribution in [0.1, 0.15) is 38.8 Å². The van der Waals surface area contributed by atoms with Crippen LogP contribution in [0.15, 0.2) is 52.5 Å². The van der Waals surface area contributed by atoms with E-state index >= 15 is 0 Å². The van der Waals surface area contributed by atoms with Crippen molar-refractivity contribution in [2.75, 3.05) is 11.9 Å². The summed E-state index contributed by atoms with van der Waals surface area (Å²) in [4.78, 5) is 0. The molecule has 28 heavy (non-hydrogen) atoms. The molecule has 1 aliphatic carbocycles. The second-order valence-electron chi connectivity index (χ2n) is 8.40. The summed E-state index contributed by atoms with van der Waals surface area (Å²) in [6.07, 6.45) is 3.14. The van der Waals surface area contributed by atoms with Gasteiger partial charge in [-0.25, -0.2) is 0 Å². The van der Waals surface area contributed by atoms with Crippen molar-refractivity contribution in [1.82, 2.24) is 5.06 Å². The Bertz CT molecular complexity index is 925. The van der Waals surface area contributed by atoms with E-state index in [2.05, 4.69) is 77.6 Å². The molecule has 0 saturated heterocycles. The minimum atomic E-state index is -0.365. The van der Waals surface area contributed by atoms with Gasteiger partial charge >= 0.3 is 0 Å². The van der Waals surface area contributed by atoms with Crippen molar-refractivity contribution in [3.05, 3.63) is 63.6 Å². The number of nitrogens with zero attached hydrogens (tertiary/aromatic N) is 1. The molecule has 0 saturated carbocycles. The number of anilines is 1. The Kier molecular flexibility index (Phi) is 6.64. The van der Waals surface area contributed by atoms with Crippen LogP contribution in [0.4, 0.5) is 5.69 Å². The number of hydroxylamine groups is 2. The molecule has 1 aliphatic heterocycles. The zero-order chi connectivity index (χ0) is 18.7. The van der Waals surface area contributed by atoms with Gasteiger partial charge < -0.3 is 10.5 Å². The first kappa shape index (κ1) is 23.2. The number of rotatable bonds is 3. The van der Waals surface area contributed by atoms with Gasteiger partial charge in [0.05, 0.1) is 11.1 Å². The molecule has 6 heteroatoms. The summed E-state index contributed by atoms with van der Waals surface area (Å²) in [6, 6.07) is 13.1. The van der Waals surface area contributed by atoms with Gasteiger partial charge in [0, 0.05) is 16.7 Å². The molecule has 2 aromatic rings. The summed E-state index contributed by atoms with van der Waals surface area (Å²) >= 11 is 3.57. The number of hydrogen-bond donors (Lipinski definition) is 2. The average Bonchev–Trinajstić information content (AvgIpc) is 3.00. The molecule has 0 atom stereocenters. The Balaban J connectivity index is 0.00000140. The lowest BCUT2D eigenvalue weighted by Crippen LogP contribution is -2.48. The minimum absolute atomic E-state index is 0. The van der Waals surface area contributed by atoms with E-state index in [9.17, 15) is 5.21 Å². The fourth-order valence-corrected chi connectivity index (χ4v) is 4.68. The SMILES string of the molecule is CC1(C)C=C(CNc2ccc3c(c2)Cc2cc(Br)ccc2-3)C(C)(C)N1O.Cl.Cl. The van der Waals surface area contributed by atoms with Crippen LogP contribution in [0.25, 0.3) is 11.1 Å². The molecule has 3 nitrogen and oxygen atoms in total. The summed E-state index contributed by atoms with van der Waals surface area (Å²) in [5.41, 5.74) is 7.05. The van der Waals surface area contributed by atoms with Crippen molar-refractivity contribution >= 4 is 46.4 Å². The molecule has 0 amide bonds. The second kappa shape index (κ2) is 8.00. The van der Waals surface area contributed by atoms with Crippen LogP contribution in [-0.4, -0.2) is 27.9 Å². The lowest BCUT2D eigenvalue weighted by Gasteiger charge is -2.36. The highest BCUT2D eigenvalue weighted by molar-refractivity contribution is 9.10. The fraction of sp³-hybridized carbons (Fsp3) is 0.364. The molecular formula is C22H27BrCl2N2O. The Hall–Kier alpha value is -1.04. The Morgan fingerprint density at radius 1 is 1.00 bits per heavy atom. The second-order valence-corrected chi connectivity index (χ2v) is 9.31. The van der Waals surface area contributed by atoms with E-state index in [1.807, 2.05) is 13.8 Å². The number of hydrogen-bond acceptors (Lipinski definition) is 3. The number of nitrogens with one attached hydrogen (secondary N) is 1. The van der Waals surface area contributed by atoms with Gasteiger partial charge in [0.15, 0.2) is 0 Å². The van der Waals surface area contributed by atoms with E-state index in [0.29, 0.717) is 0 Å². The molecule has 152 valence electrons. The first-order valence-corrected chi connectivity index (χ1v) is 9.85. The molecule has 0 radical (unpaired) electrons. The Labute approximate surface area is 188 Å². The van der Waals surface area contributed by atoms with E-state index in [-0.39, 0.29) is 35.9 Å². The summed E-state index contributed by atoms with van der Waals surface area (Å²) < 4.78 is 1.13. The molecule has 0 bridgehead atoms. The maximum absolute atomic E-state index is 10.5. The quantitative estimate of drug-likeness (QED) is 0.417. The van der Waals surface area contributed by atoms with Crippen molar-refractivity contribution in [3.63, 3.8) is 0 Å². The zero-order valence-electron chi connectivity index (χ0n) is 16.5. The predicted molar refractivity (Wildman–Crippen MR) is 125 cm³/mol. The van der Waals surface area contributed by atoms with Crippen molar-refractivity contribution in [2.24, 2.45) is 0 Å². The Morgan fingerprint density at radius 2 is 1.61 bits per heavy atom. The lowest BCUT2D eigenvalue weighted by molar-refractivity contribution is -0.185. The molecule has 0 fully saturated rings. The normalized spacial score (nSPS) is 18.4. The molecule has 1 heterocycles.